The molecule has 168 valence electrons. The van der Waals surface area contributed by atoms with Crippen LogP contribution in [0.1, 0.15) is 18.9 Å². The Balaban J connectivity index is 1.46. The molecular weight excluding hydrogens is 419 g/mol. The lowest BCUT2D eigenvalue weighted by molar-refractivity contribution is -0.129. The number of amides is 1. The summed E-state index contributed by atoms with van der Waals surface area (Å²) in [6, 6.07) is 14.4. The molecule has 7 nitrogen and oxygen atoms in total. The lowest BCUT2D eigenvalue weighted by Gasteiger charge is -2.53. The standard InChI is InChI=1S/C22H29FN4O3S/c1-18(28)24-12-14-25(15-13-24)21-9-8-19(22(23)16-21)17-26-10-5-11-27(31(26,29)30)20-6-3-2-4-7-20/h2-4,6-9,16,29-30H,5,10-15,17H2,1H3. The van der Waals surface area contributed by atoms with Crippen molar-refractivity contribution in [2.45, 2.75) is 19.9 Å². The van der Waals surface area contributed by atoms with E-state index in [0.717, 1.165) is 17.8 Å². The van der Waals surface area contributed by atoms with Crippen molar-refractivity contribution in [3.8, 4) is 0 Å². The Morgan fingerprint density at radius 1 is 0.968 bits per heavy atom. The van der Waals surface area contributed by atoms with Gasteiger partial charge < -0.3 is 9.80 Å². The number of hydrogen-bond acceptors (Lipinski definition) is 6. The summed E-state index contributed by atoms with van der Waals surface area (Å²) in [6.07, 6.45) is 0.755. The summed E-state index contributed by atoms with van der Waals surface area (Å²) >= 11 is 0. The lowest BCUT2D eigenvalue weighted by atomic mass is 10.1. The van der Waals surface area contributed by atoms with Crippen molar-refractivity contribution in [1.82, 2.24) is 9.21 Å². The molecule has 0 atom stereocenters. The van der Waals surface area contributed by atoms with E-state index in [1.54, 1.807) is 26.5 Å². The second kappa shape index (κ2) is 9.04. The molecule has 1 amide bonds. The molecule has 0 radical (unpaired) electrons. The Morgan fingerprint density at radius 3 is 2.32 bits per heavy atom. The first-order chi connectivity index (χ1) is 14.9. The van der Waals surface area contributed by atoms with E-state index >= 15 is 0 Å². The van der Waals surface area contributed by atoms with E-state index in [1.165, 1.54) is 6.07 Å². The Hall–Kier alpha value is -2.33. The highest BCUT2D eigenvalue weighted by molar-refractivity contribution is 8.23. The van der Waals surface area contributed by atoms with Crippen LogP contribution in [0.2, 0.25) is 0 Å². The van der Waals surface area contributed by atoms with Crippen LogP contribution in [0, 0.1) is 5.82 Å². The average Bonchev–Trinajstić information content (AvgIpc) is 2.77. The maximum Gasteiger partial charge on any atom is 0.219 e. The Morgan fingerprint density at radius 2 is 1.68 bits per heavy atom. The molecule has 4 rings (SSSR count). The molecule has 0 spiro atoms. The van der Waals surface area contributed by atoms with Crippen LogP contribution >= 0.6 is 11.0 Å². The molecule has 2 aromatic rings. The molecule has 0 aliphatic carbocycles. The van der Waals surface area contributed by atoms with Crippen molar-refractivity contribution in [2.24, 2.45) is 0 Å². The van der Waals surface area contributed by atoms with Gasteiger partial charge in [-0.3, -0.25) is 18.2 Å². The second-order valence-corrected chi connectivity index (χ2v) is 9.85. The quantitative estimate of drug-likeness (QED) is 0.742. The Bertz CT molecular complexity index is 922. The van der Waals surface area contributed by atoms with Crippen molar-refractivity contribution >= 4 is 28.2 Å². The molecule has 2 aliphatic heterocycles. The van der Waals surface area contributed by atoms with Gasteiger partial charge in [-0.05, 0) is 30.7 Å². The van der Waals surface area contributed by atoms with E-state index in [4.69, 9.17) is 0 Å². The van der Waals surface area contributed by atoms with Gasteiger partial charge in [0.1, 0.15) is 5.82 Å². The lowest BCUT2D eigenvalue weighted by Crippen LogP contribution is -2.48. The third-order valence-corrected chi connectivity index (χ3v) is 7.92. The Kier molecular flexibility index (Phi) is 6.38. The van der Waals surface area contributed by atoms with Crippen molar-refractivity contribution in [3.05, 3.63) is 59.9 Å². The highest BCUT2D eigenvalue weighted by Crippen LogP contribution is 2.52. The first-order valence-corrected chi connectivity index (χ1v) is 12.0. The molecule has 2 heterocycles. The minimum absolute atomic E-state index is 0.0613. The summed E-state index contributed by atoms with van der Waals surface area (Å²) < 4.78 is 40.0. The summed E-state index contributed by atoms with van der Waals surface area (Å²) in [5, 5.41) is 0. The zero-order valence-electron chi connectivity index (χ0n) is 17.7. The Labute approximate surface area is 184 Å². The van der Waals surface area contributed by atoms with Crippen LogP contribution in [-0.4, -0.2) is 63.5 Å². The van der Waals surface area contributed by atoms with Gasteiger partial charge in [0, 0.05) is 64.0 Å². The average molecular weight is 449 g/mol. The third-order valence-electron chi connectivity index (χ3n) is 5.93. The van der Waals surface area contributed by atoms with Gasteiger partial charge in [-0.15, -0.1) is 0 Å². The largest absolute Gasteiger partial charge is 0.368 e. The van der Waals surface area contributed by atoms with Gasteiger partial charge in [-0.2, -0.15) is 4.31 Å². The minimum Gasteiger partial charge on any atom is -0.368 e. The van der Waals surface area contributed by atoms with E-state index in [2.05, 4.69) is 4.90 Å². The predicted molar refractivity (Wildman–Crippen MR) is 123 cm³/mol. The van der Waals surface area contributed by atoms with E-state index < -0.39 is 11.0 Å². The molecule has 2 fully saturated rings. The van der Waals surface area contributed by atoms with E-state index in [0.29, 0.717) is 44.8 Å². The highest BCUT2D eigenvalue weighted by atomic mass is 32.3. The van der Waals surface area contributed by atoms with Crippen LogP contribution in [-0.2, 0) is 11.3 Å². The van der Waals surface area contributed by atoms with Gasteiger partial charge in [-0.1, -0.05) is 35.2 Å². The molecular formula is C22H29FN4O3S. The van der Waals surface area contributed by atoms with Gasteiger partial charge in [0.25, 0.3) is 0 Å². The van der Waals surface area contributed by atoms with Crippen LogP contribution in [0.4, 0.5) is 15.8 Å². The van der Waals surface area contributed by atoms with Crippen LogP contribution in [0.25, 0.3) is 0 Å². The third kappa shape index (κ3) is 4.64. The van der Waals surface area contributed by atoms with Gasteiger partial charge in [0.15, 0.2) is 0 Å². The number of halogens is 1. The van der Waals surface area contributed by atoms with Crippen molar-refractivity contribution in [2.75, 3.05) is 48.5 Å². The van der Waals surface area contributed by atoms with Crippen LogP contribution in [0.5, 0.6) is 0 Å². The highest BCUT2D eigenvalue weighted by Gasteiger charge is 2.34. The number of hydrogen-bond donors (Lipinski definition) is 2. The SMILES string of the molecule is CC(=O)N1CCN(c2ccc(CN3CCCN(c4ccccc4)S3(O)O)c(F)c2)CC1. The summed E-state index contributed by atoms with van der Waals surface area (Å²) in [5.41, 5.74) is 1.95. The second-order valence-electron chi connectivity index (χ2n) is 7.91. The number of piperazine rings is 1. The summed E-state index contributed by atoms with van der Waals surface area (Å²) in [7, 11) is -3.23. The number of anilines is 2. The number of nitrogens with zero attached hydrogens (tertiary/aromatic N) is 4. The van der Waals surface area contributed by atoms with E-state index in [-0.39, 0.29) is 18.3 Å². The molecule has 9 heteroatoms. The fourth-order valence-electron chi connectivity index (χ4n) is 4.14. The van der Waals surface area contributed by atoms with Gasteiger partial charge in [0.05, 0.1) is 5.69 Å². The molecule has 2 saturated heterocycles. The fraction of sp³-hybridized carbons (Fsp3) is 0.409. The molecule has 2 N–H and O–H groups in total. The number of benzene rings is 2. The van der Waals surface area contributed by atoms with Crippen LogP contribution in [0.3, 0.4) is 0 Å². The fourth-order valence-corrected chi connectivity index (χ4v) is 5.88. The van der Waals surface area contributed by atoms with Crippen molar-refractivity contribution in [3.63, 3.8) is 0 Å². The maximum atomic E-state index is 15.0. The van der Waals surface area contributed by atoms with Gasteiger partial charge >= 0.3 is 0 Å². The van der Waals surface area contributed by atoms with E-state index in [9.17, 15) is 18.3 Å². The topological polar surface area (TPSA) is 70.5 Å². The molecule has 0 unspecified atom stereocenters. The predicted octanol–water partition coefficient (Wildman–Crippen LogP) is 3.79. The van der Waals surface area contributed by atoms with Crippen LogP contribution < -0.4 is 9.21 Å². The molecule has 0 bridgehead atoms. The molecule has 0 saturated carbocycles. The minimum atomic E-state index is -3.23. The van der Waals surface area contributed by atoms with E-state index in [1.807, 2.05) is 36.4 Å². The van der Waals surface area contributed by atoms with Gasteiger partial charge in [-0.25, -0.2) is 4.39 Å². The zero-order chi connectivity index (χ0) is 22.0. The van der Waals surface area contributed by atoms with Crippen LogP contribution in [0.15, 0.2) is 48.5 Å². The molecule has 31 heavy (non-hydrogen) atoms. The van der Waals surface area contributed by atoms with Crippen molar-refractivity contribution < 1.29 is 18.3 Å². The summed E-state index contributed by atoms with van der Waals surface area (Å²) in [4.78, 5) is 15.4. The summed E-state index contributed by atoms with van der Waals surface area (Å²) in [5.74, 6) is -0.301. The molecule has 0 aromatic heterocycles. The first kappa shape index (κ1) is 21.9. The van der Waals surface area contributed by atoms with Gasteiger partial charge in [0.2, 0.25) is 5.91 Å². The zero-order valence-corrected chi connectivity index (χ0v) is 18.5. The molecule has 2 aromatic carbocycles. The summed E-state index contributed by atoms with van der Waals surface area (Å²) in [6.45, 7) is 5.29. The number of carbonyl (C=O) groups excluding carboxylic acids is 1. The first-order valence-electron chi connectivity index (χ1n) is 10.5. The normalized spacial score (nSPS) is 20.6. The maximum absolute atomic E-state index is 15.0. The number of para-hydroxylation sites is 1. The van der Waals surface area contributed by atoms with Crippen molar-refractivity contribution in [1.29, 1.82) is 0 Å². The monoisotopic (exact) mass is 448 g/mol. The number of carbonyl (C=O) groups is 1. The smallest absolute Gasteiger partial charge is 0.219 e. The molecule has 2 aliphatic rings. The number of rotatable bonds is 4.